The Morgan fingerprint density at radius 1 is 1.27 bits per heavy atom. The number of amides is 1. The minimum absolute atomic E-state index is 0.0286. The molecule has 1 aliphatic rings. The molecule has 3 aromatic rings. The molecule has 2 aromatic heterocycles. The molecule has 4 rings (SSSR count). The molecule has 0 bridgehead atoms. The minimum Gasteiger partial charge on any atom is -0.397 e. The second-order valence-corrected chi connectivity index (χ2v) is 7.42. The molecule has 1 amide bonds. The molecular weight excluding hydrogens is 385 g/mol. The molecule has 1 aliphatic heterocycles. The third kappa shape index (κ3) is 3.84. The van der Waals surface area contributed by atoms with Crippen LogP contribution in [0.2, 0.25) is 0 Å². The van der Waals surface area contributed by atoms with Gasteiger partial charge in [-0.05, 0) is 37.1 Å². The molecule has 3 heterocycles. The summed E-state index contributed by atoms with van der Waals surface area (Å²) in [5, 5.41) is 7.13. The number of piperidine rings is 1. The average Bonchev–Trinajstić information content (AvgIpc) is 3.09. The van der Waals surface area contributed by atoms with Crippen molar-refractivity contribution in [3.8, 4) is 11.3 Å². The zero-order chi connectivity index (χ0) is 21.3. The molecule has 8 nitrogen and oxygen atoms in total. The highest BCUT2D eigenvalue weighted by Gasteiger charge is 2.24. The molecule has 9 heteroatoms. The molecule has 5 N–H and O–H groups in total. The summed E-state index contributed by atoms with van der Waals surface area (Å²) in [5.41, 5.74) is 13.5. The van der Waals surface area contributed by atoms with E-state index in [-0.39, 0.29) is 17.4 Å². The maximum atomic E-state index is 14.2. The highest BCUT2D eigenvalue weighted by molar-refractivity contribution is 6.07. The van der Waals surface area contributed by atoms with E-state index in [4.69, 9.17) is 11.5 Å². The summed E-state index contributed by atoms with van der Waals surface area (Å²) in [6.07, 6.45) is 3.53. The number of benzene rings is 1. The van der Waals surface area contributed by atoms with Crippen molar-refractivity contribution in [3.63, 3.8) is 0 Å². The second-order valence-electron chi connectivity index (χ2n) is 7.42. The lowest BCUT2D eigenvalue weighted by Gasteiger charge is -2.32. The Labute approximate surface area is 173 Å². The van der Waals surface area contributed by atoms with Gasteiger partial charge in [-0.2, -0.15) is 5.10 Å². The smallest absolute Gasteiger partial charge is 0.276 e. The Balaban J connectivity index is 1.63. The number of nitrogens with one attached hydrogen (secondary N) is 1. The van der Waals surface area contributed by atoms with Gasteiger partial charge in [0.2, 0.25) is 0 Å². The largest absolute Gasteiger partial charge is 0.397 e. The van der Waals surface area contributed by atoms with Crippen LogP contribution in [0.4, 0.5) is 21.6 Å². The number of anilines is 3. The van der Waals surface area contributed by atoms with Crippen LogP contribution in [0.3, 0.4) is 0 Å². The molecule has 156 valence electrons. The molecular formula is C21H24FN7O. The van der Waals surface area contributed by atoms with Crippen LogP contribution >= 0.6 is 0 Å². The Kier molecular flexibility index (Phi) is 5.37. The molecule has 0 aliphatic carbocycles. The third-order valence-corrected chi connectivity index (χ3v) is 5.20. The first-order valence-corrected chi connectivity index (χ1v) is 9.79. The van der Waals surface area contributed by atoms with Gasteiger partial charge in [0.05, 0.1) is 17.6 Å². The van der Waals surface area contributed by atoms with Gasteiger partial charge in [0.15, 0.2) is 11.5 Å². The summed E-state index contributed by atoms with van der Waals surface area (Å²) in [7, 11) is 1.82. The van der Waals surface area contributed by atoms with E-state index in [9.17, 15) is 9.18 Å². The number of carbonyl (C=O) groups is 1. The Morgan fingerprint density at radius 3 is 2.83 bits per heavy atom. The van der Waals surface area contributed by atoms with Crippen molar-refractivity contribution in [3.05, 3.63) is 54.1 Å². The minimum atomic E-state index is -0.485. The molecule has 1 aromatic carbocycles. The van der Waals surface area contributed by atoms with Gasteiger partial charge in [-0.1, -0.05) is 12.1 Å². The zero-order valence-electron chi connectivity index (χ0n) is 16.7. The monoisotopic (exact) mass is 409 g/mol. The third-order valence-electron chi connectivity index (χ3n) is 5.20. The summed E-state index contributed by atoms with van der Waals surface area (Å²) in [6, 6.07) is 9.48. The predicted molar refractivity (Wildman–Crippen MR) is 115 cm³/mol. The van der Waals surface area contributed by atoms with E-state index in [1.807, 2.05) is 7.05 Å². The van der Waals surface area contributed by atoms with Crippen molar-refractivity contribution in [2.45, 2.75) is 18.9 Å². The van der Waals surface area contributed by atoms with Crippen LogP contribution in [0.25, 0.3) is 11.3 Å². The standard InChI is InChI=1S/C21H24FN7O/c1-28-21(29-10-4-5-13(23)12-29)18(11-25-28)27-20(30)19-16(24)8-9-17(26-19)14-6-2-3-7-15(14)22/h2-3,6-9,11,13H,4-5,10,12,23-24H2,1H3,(H,27,30). The van der Waals surface area contributed by atoms with E-state index in [0.29, 0.717) is 23.5 Å². The second kappa shape index (κ2) is 8.11. The average molecular weight is 409 g/mol. The molecule has 0 spiro atoms. The van der Waals surface area contributed by atoms with Gasteiger partial charge in [0, 0.05) is 31.7 Å². The van der Waals surface area contributed by atoms with Gasteiger partial charge in [0.1, 0.15) is 11.5 Å². The number of nitrogens with two attached hydrogens (primary N) is 2. The lowest BCUT2D eigenvalue weighted by molar-refractivity contribution is 0.102. The topological polar surface area (TPSA) is 115 Å². The highest BCUT2D eigenvalue weighted by Crippen LogP contribution is 2.29. The SMILES string of the molecule is Cn1ncc(NC(=O)c2nc(-c3ccccc3F)ccc2N)c1N1CCCC(N)C1. The van der Waals surface area contributed by atoms with E-state index in [1.54, 1.807) is 41.2 Å². The Hall–Kier alpha value is -3.46. The molecule has 1 saturated heterocycles. The maximum Gasteiger partial charge on any atom is 0.276 e. The van der Waals surface area contributed by atoms with Crippen LogP contribution in [0.1, 0.15) is 23.3 Å². The van der Waals surface area contributed by atoms with E-state index in [0.717, 1.165) is 25.2 Å². The number of nitrogens with zero attached hydrogens (tertiary/aromatic N) is 4. The summed E-state index contributed by atoms with van der Waals surface area (Å²) < 4.78 is 15.9. The van der Waals surface area contributed by atoms with Gasteiger partial charge in [0.25, 0.3) is 5.91 Å². The van der Waals surface area contributed by atoms with Crippen LogP contribution in [-0.2, 0) is 7.05 Å². The first-order valence-electron chi connectivity index (χ1n) is 9.79. The first-order chi connectivity index (χ1) is 14.4. The van der Waals surface area contributed by atoms with Crippen molar-refractivity contribution in [2.75, 3.05) is 29.0 Å². The van der Waals surface area contributed by atoms with Gasteiger partial charge in [-0.3, -0.25) is 9.48 Å². The molecule has 0 saturated carbocycles. The number of carbonyl (C=O) groups excluding carboxylic acids is 1. The number of halogens is 1. The maximum absolute atomic E-state index is 14.2. The summed E-state index contributed by atoms with van der Waals surface area (Å²) in [4.78, 5) is 19.4. The number of hydrogen-bond donors (Lipinski definition) is 3. The quantitative estimate of drug-likeness (QED) is 0.609. The fourth-order valence-electron chi connectivity index (χ4n) is 3.75. The predicted octanol–water partition coefficient (Wildman–Crippen LogP) is 2.38. The molecule has 0 radical (unpaired) electrons. The van der Waals surface area contributed by atoms with Crippen LogP contribution in [0.15, 0.2) is 42.6 Å². The molecule has 30 heavy (non-hydrogen) atoms. The molecule has 1 unspecified atom stereocenters. The molecule has 1 atom stereocenters. The van der Waals surface area contributed by atoms with Crippen LogP contribution in [0, 0.1) is 5.82 Å². The van der Waals surface area contributed by atoms with Gasteiger partial charge < -0.3 is 21.7 Å². The van der Waals surface area contributed by atoms with Gasteiger partial charge >= 0.3 is 0 Å². The van der Waals surface area contributed by atoms with Crippen LogP contribution < -0.4 is 21.7 Å². The summed E-state index contributed by atoms with van der Waals surface area (Å²) >= 11 is 0. The lowest BCUT2D eigenvalue weighted by atomic mass is 10.1. The number of nitrogen functional groups attached to an aromatic ring is 1. The first kappa shape index (κ1) is 19.8. The fraction of sp³-hybridized carbons (Fsp3) is 0.286. The van der Waals surface area contributed by atoms with Crippen molar-refractivity contribution < 1.29 is 9.18 Å². The fourth-order valence-corrected chi connectivity index (χ4v) is 3.75. The molecule has 1 fully saturated rings. The lowest BCUT2D eigenvalue weighted by Crippen LogP contribution is -2.43. The van der Waals surface area contributed by atoms with E-state index >= 15 is 0 Å². The van der Waals surface area contributed by atoms with Gasteiger partial charge in [-0.25, -0.2) is 9.37 Å². The summed E-state index contributed by atoms with van der Waals surface area (Å²) in [6.45, 7) is 1.52. The van der Waals surface area contributed by atoms with Crippen LogP contribution in [0.5, 0.6) is 0 Å². The van der Waals surface area contributed by atoms with Crippen molar-refractivity contribution >= 4 is 23.1 Å². The van der Waals surface area contributed by atoms with E-state index < -0.39 is 11.7 Å². The van der Waals surface area contributed by atoms with Crippen molar-refractivity contribution in [2.24, 2.45) is 12.8 Å². The number of aryl methyl sites for hydroxylation is 1. The van der Waals surface area contributed by atoms with Gasteiger partial charge in [-0.15, -0.1) is 0 Å². The Bertz CT molecular complexity index is 1080. The van der Waals surface area contributed by atoms with E-state index in [2.05, 4.69) is 20.3 Å². The Morgan fingerprint density at radius 2 is 2.07 bits per heavy atom. The van der Waals surface area contributed by atoms with E-state index in [1.165, 1.54) is 6.07 Å². The zero-order valence-corrected chi connectivity index (χ0v) is 16.7. The number of aromatic nitrogens is 3. The number of rotatable bonds is 4. The van der Waals surface area contributed by atoms with Crippen LogP contribution in [-0.4, -0.2) is 39.8 Å². The summed E-state index contributed by atoms with van der Waals surface area (Å²) in [5.74, 6) is -0.124. The van der Waals surface area contributed by atoms with Crippen molar-refractivity contribution in [1.82, 2.24) is 14.8 Å². The number of hydrogen-bond acceptors (Lipinski definition) is 6. The highest BCUT2D eigenvalue weighted by atomic mass is 19.1. The van der Waals surface area contributed by atoms with Crippen molar-refractivity contribution in [1.29, 1.82) is 0 Å². The number of pyridine rings is 1. The normalized spacial score (nSPS) is 16.5.